The number of amides is 3. The van der Waals surface area contributed by atoms with Crippen molar-refractivity contribution in [3.8, 4) is 0 Å². The highest BCUT2D eigenvalue weighted by Gasteiger charge is 2.50. The van der Waals surface area contributed by atoms with Crippen LogP contribution in [-0.2, 0) is 14.4 Å². The van der Waals surface area contributed by atoms with Crippen molar-refractivity contribution in [2.45, 2.75) is 139 Å². The highest BCUT2D eigenvalue weighted by Crippen LogP contribution is 2.40. The first kappa shape index (κ1) is 30.6. The zero-order valence-corrected chi connectivity index (χ0v) is 24.1. The Balaban J connectivity index is 2.94. The van der Waals surface area contributed by atoms with E-state index >= 15 is 0 Å². The average Bonchev–Trinajstić information content (AvgIpc) is 2.98. The average molecular weight is 479 g/mol. The molecule has 0 bridgehead atoms. The van der Waals surface area contributed by atoms with Gasteiger partial charge in [-0.15, -0.1) is 0 Å². The van der Waals surface area contributed by atoms with Crippen LogP contribution < -0.4 is 5.32 Å². The van der Waals surface area contributed by atoms with Gasteiger partial charge >= 0.3 is 0 Å². The molecule has 0 spiro atoms. The molecule has 198 valence electrons. The quantitative estimate of drug-likeness (QED) is 0.281. The van der Waals surface area contributed by atoms with Crippen LogP contribution in [0.4, 0.5) is 0 Å². The van der Waals surface area contributed by atoms with E-state index in [0.29, 0.717) is 18.8 Å². The SMILES string of the molecule is CCCCC(CCC)C1CC(=O)N(C(C)(C)CC(C)(C)C(=O)NC(C)CC(C)(C)C(C)C)C1=O. The molecule has 5 nitrogen and oxygen atoms in total. The van der Waals surface area contributed by atoms with Gasteiger partial charge in [0.1, 0.15) is 0 Å². The molecule has 3 amide bonds. The summed E-state index contributed by atoms with van der Waals surface area (Å²) in [6.07, 6.45) is 6.84. The lowest BCUT2D eigenvalue weighted by atomic mass is 9.75. The second-order valence-corrected chi connectivity index (χ2v) is 13.2. The first-order valence-corrected chi connectivity index (χ1v) is 13.7. The van der Waals surface area contributed by atoms with Crippen molar-refractivity contribution in [1.29, 1.82) is 0 Å². The molecule has 3 unspecified atom stereocenters. The molecule has 5 heteroatoms. The molecule has 3 atom stereocenters. The van der Waals surface area contributed by atoms with Crippen LogP contribution in [0.15, 0.2) is 0 Å². The third-order valence-electron chi connectivity index (χ3n) is 8.21. The fourth-order valence-electron chi connectivity index (χ4n) is 5.78. The first-order chi connectivity index (χ1) is 15.5. The van der Waals surface area contributed by atoms with Gasteiger partial charge in [-0.25, -0.2) is 0 Å². The largest absolute Gasteiger partial charge is 0.353 e. The number of imide groups is 1. The molecule has 1 fully saturated rings. The van der Waals surface area contributed by atoms with Gasteiger partial charge in [-0.2, -0.15) is 0 Å². The number of hydrogen-bond donors (Lipinski definition) is 1. The van der Waals surface area contributed by atoms with Crippen molar-refractivity contribution in [2.24, 2.45) is 28.6 Å². The molecule has 1 aliphatic rings. The zero-order chi connectivity index (χ0) is 26.5. The maximum atomic E-state index is 13.5. The summed E-state index contributed by atoms with van der Waals surface area (Å²) in [5.74, 6) is 0.439. The van der Waals surface area contributed by atoms with Gasteiger partial charge in [-0.1, -0.05) is 74.7 Å². The molecule has 0 aromatic heterocycles. The first-order valence-electron chi connectivity index (χ1n) is 13.7. The predicted molar refractivity (Wildman–Crippen MR) is 141 cm³/mol. The van der Waals surface area contributed by atoms with E-state index in [1.165, 1.54) is 4.90 Å². The summed E-state index contributed by atoms with van der Waals surface area (Å²) in [6, 6.07) is 0.0556. The maximum Gasteiger partial charge on any atom is 0.233 e. The van der Waals surface area contributed by atoms with Gasteiger partial charge in [0.05, 0.1) is 5.92 Å². The Hall–Kier alpha value is -1.39. The Morgan fingerprint density at radius 2 is 1.59 bits per heavy atom. The van der Waals surface area contributed by atoms with Crippen molar-refractivity contribution in [3.63, 3.8) is 0 Å². The molecule has 0 aromatic carbocycles. The van der Waals surface area contributed by atoms with Crippen LogP contribution in [0.1, 0.15) is 128 Å². The highest BCUT2D eigenvalue weighted by atomic mass is 16.2. The second kappa shape index (κ2) is 12.0. The topological polar surface area (TPSA) is 66.5 Å². The monoisotopic (exact) mass is 478 g/mol. The number of nitrogens with zero attached hydrogens (tertiary/aromatic N) is 1. The summed E-state index contributed by atoms with van der Waals surface area (Å²) in [7, 11) is 0. The minimum Gasteiger partial charge on any atom is -0.353 e. The summed E-state index contributed by atoms with van der Waals surface area (Å²) < 4.78 is 0. The van der Waals surface area contributed by atoms with Crippen LogP contribution in [-0.4, -0.2) is 34.2 Å². The normalized spacial score (nSPS) is 19.6. The van der Waals surface area contributed by atoms with Crippen LogP contribution >= 0.6 is 0 Å². The number of carbonyl (C=O) groups excluding carboxylic acids is 3. The van der Waals surface area contributed by atoms with Gasteiger partial charge in [0.25, 0.3) is 0 Å². The van der Waals surface area contributed by atoms with Gasteiger partial charge in [0.15, 0.2) is 0 Å². The molecular formula is C29H54N2O3. The van der Waals surface area contributed by atoms with E-state index in [-0.39, 0.29) is 41.0 Å². The molecule has 1 aliphatic heterocycles. The predicted octanol–water partition coefficient (Wildman–Crippen LogP) is 6.74. The summed E-state index contributed by atoms with van der Waals surface area (Å²) in [6.45, 7) is 23.0. The van der Waals surface area contributed by atoms with Crippen LogP contribution in [0, 0.1) is 28.6 Å². The van der Waals surface area contributed by atoms with Crippen LogP contribution in [0.2, 0.25) is 0 Å². The van der Waals surface area contributed by atoms with E-state index in [4.69, 9.17) is 0 Å². The summed E-state index contributed by atoms with van der Waals surface area (Å²) >= 11 is 0. The van der Waals surface area contributed by atoms with Crippen molar-refractivity contribution in [2.75, 3.05) is 0 Å². The van der Waals surface area contributed by atoms with Gasteiger partial charge < -0.3 is 5.32 Å². The van der Waals surface area contributed by atoms with E-state index < -0.39 is 11.0 Å². The third-order valence-corrected chi connectivity index (χ3v) is 8.21. The molecule has 0 aliphatic carbocycles. The molecule has 1 saturated heterocycles. The molecular weight excluding hydrogens is 424 g/mol. The minimum atomic E-state index is -0.717. The van der Waals surface area contributed by atoms with E-state index in [1.54, 1.807) is 0 Å². The van der Waals surface area contributed by atoms with Gasteiger partial charge in [-0.3, -0.25) is 19.3 Å². The second-order valence-electron chi connectivity index (χ2n) is 13.2. The molecule has 1 heterocycles. The van der Waals surface area contributed by atoms with Crippen molar-refractivity contribution in [3.05, 3.63) is 0 Å². The summed E-state index contributed by atoms with van der Waals surface area (Å²) in [5.41, 5.74) is -1.29. The molecule has 1 rings (SSSR count). The zero-order valence-electron chi connectivity index (χ0n) is 24.1. The molecule has 0 aromatic rings. The number of unbranched alkanes of at least 4 members (excludes halogenated alkanes) is 1. The van der Waals surface area contributed by atoms with E-state index in [2.05, 4.69) is 53.8 Å². The highest BCUT2D eigenvalue weighted by molar-refractivity contribution is 6.04. The standard InChI is InChI=1S/C29H54N2O3/c1-12-14-16-22(15-13-2)23-17-24(32)31(25(23)33)29(10,11)19-28(8,9)26(34)30-21(5)18-27(6,7)20(3)4/h20-23H,12-19H2,1-11H3,(H,30,34). The van der Waals surface area contributed by atoms with Crippen LogP contribution in [0.3, 0.4) is 0 Å². The van der Waals surface area contributed by atoms with Gasteiger partial charge in [-0.05, 0) is 63.7 Å². The van der Waals surface area contributed by atoms with E-state index in [0.717, 1.165) is 38.5 Å². The van der Waals surface area contributed by atoms with Gasteiger partial charge in [0, 0.05) is 23.4 Å². The fourth-order valence-corrected chi connectivity index (χ4v) is 5.78. The lowest BCUT2D eigenvalue weighted by molar-refractivity contribution is -0.149. The summed E-state index contributed by atoms with van der Waals surface area (Å²) in [5, 5.41) is 3.21. The Morgan fingerprint density at radius 1 is 1.00 bits per heavy atom. The fraction of sp³-hybridized carbons (Fsp3) is 0.897. The molecule has 34 heavy (non-hydrogen) atoms. The number of rotatable bonds is 14. The summed E-state index contributed by atoms with van der Waals surface area (Å²) in [4.78, 5) is 41.3. The number of nitrogens with one attached hydrogen (secondary N) is 1. The van der Waals surface area contributed by atoms with E-state index in [1.807, 2.05) is 27.7 Å². The van der Waals surface area contributed by atoms with Crippen LogP contribution in [0.5, 0.6) is 0 Å². The lowest BCUT2D eigenvalue weighted by Crippen LogP contribution is -2.53. The molecule has 1 N–H and O–H groups in total. The smallest absolute Gasteiger partial charge is 0.233 e. The number of likely N-dealkylation sites (tertiary alicyclic amines) is 1. The Morgan fingerprint density at radius 3 is 2.09 bits per heavy atom. The molecule has 0 saturated carbocycles. The number of hydrogen-bond acceptors (Lipinski definition) is 3. The minimum absolute atomic E-state index is 0.0184. The number of carbonyl (C=O) groups is 3. The van der Waals surface area contributed by atoms with Gasteiger partial charge in [0.2, 0.25) is 17.7 Å². The lowest BCUT2D eigenvalue weighted by Gasteiger charge is -2.40. The van der Waals surface area contributed by atoms with Crippen LogP contribution in [0.25, 0.3) is 0 Å². The molecule has 0 radical (unpaired) electrons. The third kappa shape index (κ3) is 7.81. The Labute approximate surface area is 210 Å². The van der Waals surface area contributed by atoms with E-state index in [9.17, 15) is 14.4 Å². The maximum absolute atomic E-state index is 13.5. The van der Waals surface area contributed by atoms with Crippen molar-refractivity contribution >= 4 is 17.7 Å². The Kier molecular flexibility index (Phi) is 10.8. The van der Waals surface area contributed by atoms with Crippen molar-refractivity contribution < 1.29 is 14.4 Å². The van der Waals surface area contributed by atoms with Crippen molar-refractivity contribution in [1.82, 2.24) is 10.2 Å². The Bertz CT molecular complexity index is 708.